The lowest BCUT2D eigenvalue weighted by Crippen LogP contribution is -2.45. The van der Waals surface area contributed by atoms with E-state index < -0.39 is 0 Å². The largest absolute Gasteiger partial charge is 0.507 e. The highest BCUT2D eigenvalue weighted by Gasteiger charge is 2.24. The standard InChI is InChI=1S/C14H22N2O3.ClH/c1-19-11-2-3-12(14(18)10-11)13(4-9-17)16-7-5-15-6-8-16;/h2-3,10,13,15,17-18H,4-9H2,1H3;1H/t13-;/m1./s1. The number of halogens is 1. The molecule has 0 unspecified atom stereocenters. The van der Waals surface area contributed by atoms with Gasteiger partial charge in [0.1, 0.15) is 11.5 Å². The lowest BCUT2D eigenvalue weighted by Gasteiger charge is -2.35. The summed E-state index contributed by atoms with van der Waals surface area (Å²) in [5.41, 5.74) is 0.858. The summed E-state index contributed by atoms with van der Waals surface area (Å²) in [7, 11) is 1.58. The molecule has 1 saturated heterocycles. The maximum atomic E-state index is 10.1. The van der Waals surface area contributed by atoms with Crippen LogP contribution in [0.25, 0.3) is 0 Å². The van der Waals surface area contributed by atoms with Crippen molar-refractivity contribution in [2.75, 3.05) is 39.9 Å². The molecule has 0 spiro atoms. The van der Waals surface area contributed by atoms with Gasteiger partial charge in [-0.3, -0.25) is 4.90 Å². The molecule has 1 aliphatic heterocycles. The van der Waals surface area contributed by atoms with Gasteiger partial charge in [-0.2, -0.15) is 0 Å². The van der Waals surface area contributed by atoms with Crippen molar-refractivity contribution in [1.82, 2.24) is 10.2 Å². The van der Waals surface area contributed by atoms with Gasteiger partial charge in [-0.1, -0.05) is 6.07 Å². The fraction of sp³-hybridized carbons (Fsp3) is 0.571. The van der Waals surface area contributed by atoms with Crippen LogP contribution in [0, 0.1) is 0 Å². The Balaban J connectivity index is 0.00000200. The fourth-order valence-corrected chi connectivity index (χ4v) is 2.58. The van der Waals surface area contributed by atoms with Crippen LogP contribution in [0.2, 0.25) is 0 Å². The number of rotatable bonds is 5. The molecule has 0 aliphatic carbocycles. The van der Waals surface area contributed by atoms with E-state index in [1.807, 2.05) is 12.1 Å². The van der Waals surface area contributed by atoms with Crippen LogP contribution in [-0.2, 0) is 0 Å². The highest BCUT2D eigenvalue weighted by Crippen LogP contribution is 2.33. The maximum absolute atomic E-state index is 10.1. The molecule has 0 bridgehead atoms. The van der Waals surface area contributed by atoms with Gasteiger partial charge in [-0.25, -0.2) is 0 Å². The molecule has 3 N–H and O–H groups in total. The van der Waals surface area contributed by atoms with E-state index in [4.69, 9.17) is 4.74 Å². The minimum absolute atomic E-state index is 0. The van der Waals surface area contributed by atoms with Gasteiger partial charge in [0, 0.05) is 50.5 Å². The number of phenolic OH excluding ortho intramolecular Hbond substituents is 1. The molecule has 20 heavy (non-hydrogen) atoms. The third kappa shape index (κ3) is 3.99. The molecule has 1 heterocycles. The normalized spacial score (nSPS) is 17.3. The Morgan fingerprint density at radius 3 is 2.60 bits per heavy atom. The zero-order valence-electron chi connectivity index (χ0n) is 11.7. The summed E-state index contributed by atoms with van der Waals surface area (Å²) < 4.78 is 5.10. The zero-order valence-corrected chi connectivity index (χ0v) is 12.5. The zero-order chi connectivity index (χ0) is 13.7. The van der Waals surface area contributed by atoms with Gasteiger partial charge >= 0.3 is 0 Å². The highest BCUT2D eigenvalue weighted by molar-refractivity contribution is 5.85. The van der Waals surface area contributed by atoms with Crippen molar-refractivity contribution in [3.8, 4) is 11.5 Å². The first kappa shape index (κ1) is 17.0. The van der Waals surface area contributed by atoms with Crippen molar-refractivity contribution in [2.24, 2.45) is 0 Å². The predicted molar refractivity (Wildman–Crippen MR) is 80.8 cm³/mol. The number of nitrogens with zero attached hydrogens (tertiary/aromatic N) is 1. The van der Waals surface area contributed by atoms with E-state index in [-0.39, 0.29) is 30.8 Å². The molecule has 0 saturated carbocycles. The van der Waals surface area contributed by atoms with E-state index in [1.54, 1.807) is 13.2 Å². The third-order valence-electron chi connectivity index (χ3n) is 3.59. The van der Waals surface area contributed by atoms with Crippen LogP contribution in [0.4, 0.5) is 0 Å². The smallest absolute Gasteiger partial charge is 0.124 e. The summed E-state index contributed by atoms with van der Waals surface area (Å²) in [5, 5.41) is 22.7. The number of aliphatic hydroxyl groups is 1. The second-order valence-electron chi connectivity index (χ2n) is 4.74. The van der Waals surface area contributed by atoms with E-state index in [0.717, 1.165) is 31.7 Å². The molecule has 5 nitrogen and oxygen atoms in total. The van der Waals surface area contributed by atoms with Gasteiger partial charge in [0.25, 0.3) is 0 Å². The molecule has 6 heteroatoms. The fourth-order valence-electron chi connectivity index (χ4n) is 2.58. The molecular weight excluding hydrogens is 280 g/mol. The third-order valence-corrected chi connectivity index (χ3v) is 3.59. The molecule has 1 aliphatic rings. The van der Waals surface area contributed by atoms with E-state index in [1.165, 1.54) is 0 Å². The Kier molecular flexibility index (Phi) is 7.09. The monoisotopic (exact) mass is 302 g/mol. The van der Waals surface area contributed by atoms with Crippen LogP contribution < -0.4 is 10.1 Å². The second-order valence-corrected chi connectivity index (χ2v) is 4.74. The van der Waals surface area contributed by atoms with Crippen LogP contribution in [0.15, 0.2) is 18.2 Å². The van der Waals surface area contributed by atoms with Crippen molar-refractivity contribution in [2.45, 2.75) is 12.5 Å². The number of hydrogen-bond acceptors (Lipinski definition) is 5. The minimum Gasteiger partial charge on any atom is -0.507 e. The number of phenols is 1. The highest BCUT2D eigenvalue weighted by atomic mass is 35.5. The Morgan fingerprint density at radius 2 is 2.05 bits per heavy atom. The summed E-state index contributed by atoms with van der Waals surface area (Å²) >= 11 is 0. The van der Waals surface area contributed by atoms with Crippen LogP contribution in [0.3, 0.4) is 0 Å². The summed E-state index contributed by atoms with van der Waals surface area (Å²) in [6, 6.07) is 5.41. The lowest BCUT2D eigenvalue weighted by atomic mass is 10.00. The van der Waals surface area contributed by atoms with Crippen molar-refractivity contribution in [3.05, 3.63) is 23.8 Å². The molecular formula is C14H23ClN2O3. The van der Waals surface area contributed by atoms with Gasteiger partial charge in [-0.05, 0) is 12.5 Å². The number of aromatic hydroxyl groups is 1. The van der Waals surface area contributed by atoms with Crippen LogP contribution in [0.1, 0.15) is 18.0 Å². The van der Waals surface area contributed by atoms with Crippen LogP contribution >= 0.6 is 12.4 Å². The van der Waals surface area contributed by atoms with E-state index in [9.17, 15) is 10.2 Å². The summed E-state index contributed by atoms with van der Waals surface area (Å²) in [5.74, 6) is 0.876. The van der Waals surface area contributed by atoms with E-state index in [2.05, 4.69) is 10.2 Å². The van der Waals surface area contributed by atoms with Gasteiger partial charge in [0.2, 0.25) is 0 Å². The van der Waals surface area contributed by atoms with Crippen molar-refractivity contribution in [3.63, 3.8) is 0 Å². The molecule has 1 fully saturated rings. The summed E-state index contributed by atoms with van der Waals surface area (Å²) in [6.45, 7) is 3.85. The molecule has 114 valence electrons. The predicted octanol–water partition coefficient (Wildman–Crippen LogP) is 1.15. The van der Waals surface area contributed by atoms with E-state index in [0.29, 0.717) is 12.2 Å². The number of ether oxygens (including phenoxy) is 1. The van der Waals surface area contributed by atoms with Crippen LogP contribution in [-0.4, -0.2) is 55.0 Å². The van der Waals surface area contributed by atoms with Crippen molar-refractivity contribution >= 4 is 12.4 Å². The topological polar surface area (TPSA) is 65.0 Å². The van der Waals surface area contributed by atoms with Crippen LogP contribution in [0.5, 0.6) is 11.5 Å². The number of hydrogen-bond donors (Lipinski definition) is 3. The molecule has 2 rings (SSSR count). The molecule has 1 aromatic carbocycles. The summed E-state index contributed by atoms with van der Waals surface area (Å²) in [4.78, 5) is 2.30. The van der Waals surface area contributed by atoms with E-state index >= 15 is 0 Å². The van der Waals surface area contributed by atoms with Crippen molar-refractivity contribution < 1.29 is 14.9 Å². The minimum atomic E-state index is 0. The molecule has 1 atom stereocenters. The van der Waals surface area contributed by atoms with Gasteiger partial charge < -0.3 is 20.3 Å². The van der Waals surface area contributed by atoms with Crippen molar-refractivity contribution in [1.29, 1.82) is 0 Å². The number of methoxy groups -OCH3 is 1. The Labute approximate surface area is 126 Å². The number of piperazine rings is 1. The second kappa shape index (κ2) is 8.32. The summed E-state index contributed by atoms with van der Waals surface area (Å²) in [6.07, 6.45) is 0.625. The van der Waals surface area contributed by atoms with Gasteiger partial charge in [0.15, 0.2) is 0 Å². The van der Waals surface area contributed by atoms with Gasteiger partial charge in [0.05, 0.1) is 7.11 Å². The molecule has 0 aromatic heterocycles. The van der Waals surface area contributed by atoms with Gasteiger partial charge in [-0.15, -0.1) is 12.4 Å². The first-order valence-electron chi connectivity index (χ1n) is 6.68. The SMILES string of the molecule is COc1ccc([C@@H](CCO)N2CCNCC2)c(O)c1.Cl. The molecule has 0 amide bonds. The molecule has 0 radical (unpaired) electrons. The molecule has 1 aromatic rings. The Morgan fingerprint density at radius 1 is 1.35 bits per heavy atom. The average molecular weight is 303 g/mol. The Hall–Kier alpha value is -1.01. The lowest BCUT2D eigenvalue weighted by molar-refractivity contribution is 0.139. The number of aliphatic hydroxyl groups excluding tert-OH is 1. The maximum Gasteiger partial charge on any atom is 0.124 e. The first-order valence-corrected chi connectivity index (χ1v) is 6.68. The number of nitrogens with one attached hydrogen (secondary N) is 1. The first-order chi connectivity index (χ1) is 9.26. The average Bonchev–Trinajstić information content (AvgIpc) is 2.46. The quantitative estimate of drug-likeness (QED) is 0.761. The number of benzene rings is 1. The Bertz CT molecular complexity index is 411.